The normalized spacial score (nSPS) is 19.7. The predicted molar refractivity (Wildman–Crippen MR) is 70.7 cm³/mol. The van der Waals surface area contributed by atoms with Crippen LogP contribution in [0, 0.1) is 5.92 Å². The quantitative estimate of drug-likeness (QED) is 0.778. The van der Waals surface area contributed by atoms with Crippen LogP contribution >= 0.6 is 0 Å². The zero-order chi connectivity index (χ0) is 12.8. The number of nitrogens with zero attached hydrogens (tertiary/aromatic N) is 2. The van der Waals surface area contributed by atoms with Crippen LogP contribution in [0.4, 0.5) is 0 Å². The fraction of sp³-hybridized carbons (Fsp3) is 0.923. The van der Waals surface area contributed by atoms with Crippen LogP contribution in [-0.2, 0) is 4.79 Å². The highest BCUT2D eigenvalue weighted by Gasteiger charge is 2.25. The Hall–Kier alpha value is -0.610. The van der Waals surface area contributed by atoms with E-state index in [2.05, 4.69) is 25.7 Å². The molecule has 2 N–H and O–H groups in total. The van der Waals surface area contributed by atoms with Crippen molar-refractivity contribution in [2.45, 2.75) is 39.7 Å². The van der Waals surface area contributed by atoms with E-state index < -0.39 is 0 Å². The average Bonchev–Trinajstić information content (AvgIpc) is 2.28. The fourth-order valence-electron chi connectivity index (χ4n) is 2.35. The molecule has 1 aliphatic rings. The molecule has 0 bridgehead atoms. The van der Waals surface area contributed by atoms with Gasteiger partial charge in [-0.15, -0.1) is 0 Å². The molecule has 4 nitrogen and oxygen atoms in total. The first-order valence-corrected chi connectivity index (χ1v) is 6.81. The third-order valence-electron chi connectivity index (χ3n) is 3.27. The summed E-state index contributed by atoms with van der Waals surface area (Å²) in [5, 5.41) is 0. The van der Waals surface area contributed by atoms with E-state index in [0.29, 0.717) is 5.92 Å². The molecule has 1 amide bonds. The molecule has 0 saturated carbocycles. The lowest BCUT2D eigenvalue weighted by molar-refractivity contribution is -0.134. The molecule has 0 spiro atoms. The van der Waals surface area contributed by atoms with E-state index in [4.69, 9.17) is 5.73 Å². The minimum absolute atomic E-state index is 0.134. The molecule has 1 saturated heterocycles. The molecule has 0 aliphatic carbocycles. The molecule has 1 rings (SSSR count). The van der Waals surface area contributed by atoms with Crippen molar-refractivity contribution >= 4 is 5.91 Å². The van der Waals surface area contributed by atoms with Crippen molar-refractivity contribution in [2.24, 2.45) is 11.7 Å². The molecular formula is C13H27N3O. The van der Waals surface area contributed by atoms with Gasteiger partial charge in [-0.25, -0.2) is 0 Å². The van der Waals surface area contributed by atoms with E-state index in [1.807, 2.05) is 4.90 Å². The van der Waals surface area contributed by atoms with E-state index in [9.17, 15) is 4.79 Å². The summed E-state index contributed by atoms with van der Waals surface area (Å²) in [6, 6.07) is -0.312. The van der Waals surface area contributed by atoms with Gasteiger partial charge in [0.25, 0.3) is 0 Å². The molecule has 17 heavy (non-hydrogen) atoms. The average molecular weight is 241 g/mol. The van der Waals surface area contributed by atoms with Crippen LogP contribution in [0.1, 0.15) is 33.6 Å². The standard InChI is InChI=1S/C13H27N3O/c1-4-5-15-6-8-16(9-7-15)13(17)12(14)10-11(2)3/h11-12H,4-10,14H2,1-3H3. The monoisotopic (exact) mass is 241 g/mol. The molecule has 0 aromatic heterocycles. The van der Waals surface area contributed by atoms with Gasteiger partial charge in [0.15, 0.2) is 0 Å². The molecule has 1 heterocycles. The highest BCUT2D eigenvalue weighted by atomic mass is 16.2. The zero-order valence-corrected chi connectivity index (χ0v) is 11.5. The van der Waals surface area contributed by atoms with E-state index in [1.54, 1.807) is 0 Å². The number of nitrogens with two attached hydrogens (primary N) is 1. The number of hydrogen-bond acceptors (Lipinski definition) is 3. The number of amides is 1. The first-order chi connectivity index (χ1) is 8.04. The summed E-state index contributed by atoms with van der Waals surface area (Å²) < 4.78 is 0. The number of hydrogen-bond donors (Lipinski definition) is 1. The van der Waals surface area contributed by atoms with Gasteiger partial charge in [-0.3, -0.25) is 9.69 Å². The minimum Gasteiger partial charge on any atom is -0.339 e. The summed E-state index contributed by atoms with van der Waals surface area (Å²) in [7, 11) is 0. The Balaban J connectivity index is 2.35. The summed E-state index contributed by atoms with van der Waals surface area (Å²) in [6.45, 7) is 11.2. The van der Waals surface area contributed by atoms with E-state index in [-0.39, 0.29) is 11.9 Å². The zero-order valence-electron chi connectivity index (χ0n) is 11.5. The van der Waals surface area contributed by atoms with Gasteiger partial charge in [0.2, 0.25) is 5.91 Å². The molecule has 0 radical (unpaired) electrons. The first kappa shape index (κ1) is 14.5. The lowest BCUT2D eigenvalue weighted by Gasteiger charge is -2.35. The van der Waals surface area contributed by atoms with Crippen molar-refractivity contribution < 1.29 is 4.79 Å². The first-order valence-electron chi connectivity index (χ1n) is 6.81. The largest absolute Gasteiger partial charge is 0.339 e. The minimum atomic E-state index is -0.312. The molecule has 1 aliphatic heterocycles. The van der Waals surface area contributed by atoms with Crippen molar-refractivity contribution in [3.8, 4) is 0 Å². The van der Waals surface area contributed by atoms with Gasteiger partial charge in [0, 0.05) is 26.2 Å². The lowest BCUT2D eigenvalue weighted by Crippen LogP contribution is -2.53. The second-order valence-electron chi connectivity index (χ2n) is 5.40. The predicted octanol–water partition coefficient (Wildman–Crippen LogP) is 0.914. The summed E-state index contributed by atoms with van der Waals surface area (Å²) in [4.78, 5) is 16.4. The van der Waals surface area contributed by atoms with Crippen LogP contribution in [0.3, 0.4) is 0 Å². The number of carbonyl (C=O) groups excluding carboxylic acids is 1. The third-order valence-corrected chi connectivity index (χ3v) is 3.27. The van der Waals surface area contributed by atoms with Crippen LogP contribution in [0.5, 0.6) is 0 Å². The molecule has 1 unspecified atom stereocenters. The highest BCUT2D eigenvalue weighted by Crippen LogP contribution is 2.08. The Morgan fingerprint density at radius 2 is 1.82 bits per heavy atom. The molecule has 1 atom stereocenters. The summed E-state index contributed by atoms with van der Waals surface area (Å²) in [5.74, 6) is 0.616. The summed E-state index contributed by atoms with van der Waals surface area (Å²) in [5.41, 5.74) is 5.94. The van der Waals surface area contributed by atoms with Crippen LogP contribution in [0.2, 0.25) is 0 Å². The topological polar surface area (TPSA) is 49.6 Å². The Bertz CT molecular complexity index is 235. The lowest BCUT2D eigenvalue weighted by atomic mass is 10.0. The summed E-state index contributed by atoms with van der Waals surface area (Å²) >= 11 is 0. The molecule has 1 fully saturated rings. The van der Waals surface area contributed by atoms with E-state index in [1.165, 1.54) is 6.42 Å². The van der Waals surface area contributed by atoms with Crippen molar-refractivity contribution in [1.29, 1.82) is 0 Å². The van der Waals surface area contributed by atoms with Crippen molar-refractivity contribution in [3.05, 3.63) is 0 Å². The fourth-order valence-corrected chi connectivity index (χ4v) is 2.35. The summed E-state index contributed by atoms with van der Waals surface area (Å²) in [6.07, 6.45) is 1.97. The van der Waals surface area contributed by atoms with Crippen LogP contribution in [-0.4, -0.2) is 54.5 Å². The maximum absolute atomic E-state index is 12.1. The van der Waals surface area contributed by atoms with E-state index in [0.717, 1.165) is 39.1 Å². The van der Waals surface area contributed by atoms with Crippen molar-refractivity contribution in [1.82, 2.24) is 9.80 Å². The number of carbonyl (C=O) groups is 1. The Morgan fingerprint density at radius 3 is 2.29 bits per heavy atom. The Morgan fingerprint density at radius 1 is 1.24 bits per heavy atom. The van der Waals surface area contributed by atoms with Crippen LogP contribution < -0.4 is 5.73 Å². The van der Waals surface area contributed by atoms with Gasteiger partial charge in [-0.1, -0.05) is 20.8 Å². The molecule has 100 valence electrons. The van der Waals surface area contributed by atoms with Gasteiger partial charge in [0.1, 0.15) is 0 Å². The molecule has 0 aromatic rings. The molecule has 4 heteroatoms. The third kappa shape index (κ3) is 4.64. The Labute approximate surface area is 105 Å². The second-order valence-corrected chi connectivity index (χ2v) is 5.40. The van der Waals surface area contributed by atoms with Gasteiger partial charge in [0.05, 0.1) is 6.04 Å². The Kier molecular flexibility index (Phi) is 5.92. The van der Waals surface area contributed by atoms with E-state index >= 15 is 0 Å². The van der Waals surface area contributed by atoms with Crippen LogP contribution in [0.25, 0.3) is 0 Å². The van der Waals surface area contributed by atoms with Gasteiger partial charge >= 0.3 is 0 Å². The van der Waals surface area contributed by atoms with Crippen molar-refractivity contribution in [3.63, 3.8) is 0 Å². The maximum atomic E-state index is 12.1. The molecule has 0 aromatic carbocycles. The van der Waals surface area contributed by atoms with Gasteiger partial charge in [-0.2, -0.15) is 0 Å². The molecular weight excluding hydrogens is 214 g/mol. The smallest absolute Gasteiger partial charge is 0.239 e. The second kappa shape index (κ2) is 6.97. The maximum Gasteiger partial charge on any atom is 0.239 e. The number of rotatable bonds is 5. The van der Waals surface area contributed by atoms with Gasteiger partial charge < -0.3 is 10.6 Å². The van der Waals surface area contributed by atoms with Gasteiger partial charge in [-0.05, 0) is 25.3 Å². The SMILES string of the molecule is CCCN1CCN(C(=O)C(N)CC(C)C)CC1. The highest BCUT2D eigenvalue weighted by molar-refractivity contribution is 5.81. The van der Waals surface area contributed by atoms with Crippen molar-refractivity contribution in [2.75, 3.05) is 32.7 Å². The number of piperazine rings is 1. The van der Waals surface area contributed by atoms with Crippen LogP contribution in [0.15, 0.2) is 0 Å².